The number of amides is 1. The van der Waals surface area contributed by atoms with E-state index in [1.807, 2.05) is 36.4 Å². The molecule has 0 atom stereocenters. The molecule has 1 N–H and O–H groups in total. The highest BCUT2D eigenvalue weighted by atomic mass is 35.5. The summed E-state index contributed by atoms with van der Waals surface area (Å²) < 4.78 is 4.97. The molecule has 0 saturated carbocycles. The second-order valence-electron chi connectivity index (χ2n) is 5.39. The quantitative estimate of drug-likeness (QED) is 0.738. The highest BCUT2D eigenvalue weighted by Crippen LogP contribution is 2.15. The number of carbonyl (C=O) groups is 1. The Balaban J connectivity index is 1.51. The van der Waals surface area contributed by atoms with E-state index in [9.17, 15) is 4.79 Å². The minimum absolute atomic E-state index is 0.0793. The van der Waals surface area contributed by atoms with Crippen molar-refractivity contribution < 1.29 is 9.32 Å². The Morgan fingerprint density at radius 3 is 2.46 bits per heavy atom. The summed E-state index contributed by atoms with van der Waals surface area (Å²) in [5.74, 6) is 0.521. The van der Waals surface area contributed by atoms with Gasteiger partial charge in [0.2, 0.25) is 5.91 Å². The van der Waals surface area contributed by atoms with Crippen molar-refractivity contribution in [1.82, 2.24) is 10.1 Å². The largest absolute Gasteiger partial charge is 0.360 e. The van der Waals surface area contributed by atoms with Gasteiger partial charge in [0.15, 0.2) is 5.15 Å². The lowest BCUT2D eigenvalue weighted by Gasteiger charge is -2.06. The van der Waals surface area contributed by atoms with Crippen molar-refractivity contribution >= 4 is 23.2 Å². The van der Waals surface area contributed by atoms with Crippen molar-refractivity contribution in [1.29, 1.82) is 0 Å². The summed E-state index contributed by atoms with van der Waals surface area (Å²) in [6.45, 7) is 0. The first kappa shape index (κ1) is 16.2. The van der Waals surface area contributed by atoms with Gasteiger partial charge in [-0.1, -0.05) is 28.9 Å². The Kier molecular flexibility index (Phi) is 5.23. The fourth-order valence-corrected chi connectivity index (χ4v) is 2.46. The van der Waals surface area contributed by atoms with Gasteiger partial charge in [-0.25, -0.2) is 0 Å². The van der Waals surface area contributed by atoms with E-state index in [0.29, 0.717) is 23.8 Å². The SMILES string of the molecule is O=C(CCc1cc(Cl)no1)Nc1ccc(Cc2ccncc2)cc1. The maximum atomic E-state index is 12.0. The Morgan fingerprint density at radius 2 is 1.79 bits per heavy atom. The standard InChI is InChI=1S/C18H16ClN3O2/c19-17-12-16(24-22-17)5-6-18(23)21-15-3-1-13(2-4-15)11-14-7-9-20-10-8-14/h1-4,7-10,12H,5-6,11H2,(H,21,23). The number of aromatic nitrogens is 2. The van der Waals surface area contributed by atoms with Gasteiger partial charge in [0.1, 0.15) is 5.76 Å². The zero-order valence-electron chi connectivity index (χ0n) is 12.9. The van der Waals surface area contributed by atoms with E-state index in [0.717, 1.165) is 12.1 Å². The van der Waals surface area contributed by atoms with Crippen LogP contribution in [0.25, 0.3) is 0 Å². The second kappa shape index (κ2) is 7.75. The van der Waals surface area contributed by atoms with Crippen molar-refractivity contribution in [2.24, 2.45) is 0 Å². The predicted octanol–water partition coefficient (Wildman–Crippen LogP) is 3.89. The van der Waals surface area contributed by atoms with Crippen LogP contribution in [0.15, 0.2) is 59.4 Å². The molecule has 0 unspecified atom stereocenters. The minimum atomic E-state index is -0.0793. The van der Waals surface area contributed by atoms with E-state index >= 15 is 0 Å². The van der Waals surface area contributed by atoms with Crippen LogP contribution in [0.1, 0.15) is 23.3 Å². The van der Waals surface area contributed by atoms with Crippen molar-refractivity contribution in [3.05, 3.63) is 76.9 Å². The van der Waals surface area contributed by atoms with Crippen LogP contribution in [0.4, 0.5) is 5.69 Å². The van der Waals surface area contributed by atoms with Crippen LogP contribution in [0, 0.1) is 0 Å². The number of hydrogen-bond acceptors (Lipinski definition) is 4. The van der Waals surface area contributed by atoms with Crippen molar-refractivity contribution in [3.63, 3.8) is 0 Å². The van der Waals surface area contributed by atoms with Gasteiger partial charge in [-0.3, -0.25) is 9.78 Å². The van der Waals surface area contributed by atoms with E-state index in [2.05, 4.69) is 15.5 Å². The predicted molar refractivity (Wildman–Crippen MR) is 91.9 cm³/mol. The number of hydrogen-bond donors (Lipinski definition) is 1. The summed E-state index contributed by atoms with van der Waals surface area (Å²) in [6.07, 6.45) is 5.18. The molecule has 0 saturated heterocycles. The number of nitrogens with zero attached hydrogens (tertiary/aromatic N) is 2. The Labute approximate surface area is 144 Å². The average Bonchev–Trinajstić information content (AvgIpc) is 3.01. The minimum Gasteiger partial charge on any atom is -0.360 e. The number of halogens is 1. The van der Waals surface area contributed by atoms with E-state index in [-0.39, 0.29) is 5.91 Å². The number of anilines is 1. The first-order valence-electron chi connectivity index (χ1n) is 7.58. The summed E-state index contributed by atoms with van der Waals surface area (Å²) in [5, 5.41) is 6.74. The smallest absolute Gasteiger partial charge is 0.224 e. The molecule has 0 aliphatic rings. The molecule has 0 radical (unpaired) electrons. The molecule has 3 aromatic rings. The number of pyridine rings is 1. The molecule has 3 rings (SSSR count). The summed E-state index contributed by atoms with van der Waals surface area (Å²) in [6, 6.07) is 13.4. The van der Waals surface area contributed by atoms with E-state index < -0.39 is 0 Å². The molecule has 1 aromatic carbocycles. The third kappa shape index (κ3) is 4.67. The molecular formula is C18H16ClN3O2. The molecule has 0 aliphatic carbocycles. The topological polar surface area (TPSA) is 68.0 Å². The van der Waals surface area contributed by atoms with Crippen LogP contribution >= 0.6 is 11.6 Å². The van der Waals surface area contributed by atoms with Gasteiger partial charge in [0, 0.05) is 37.0 Å². The zero-order valence-corrected chi connectivity index (χ0v) is 13.7. The van der Waals surface area contributed by atoms with Crippen LogP contribution in [0.3, 0.4) is 0 Å². The molecule has 0 bridgehead atoms. The molecule has 2 heterocycles. The number of nitrogens with one attached hydrogen (secondary N) is 1. The van der Waals surface area contributed by atoms with Crippen LogP contribution in [0.2, 0.25) is 5.15 Å². The summed E-state index contributed by atoms with van der Waals surface area (Å²) >= 11 is 5.67. The lowest BCUT2D eigenvalue weighted by molar-refractivity contribution is -0.116. The van der Waals surface area contributed by atoms with Crippen molar-refractivity contribution in [2.45, 2.75) is 19.3 Å². The van der Waals surface area contributed by atoms with Crippen molar-refractivity contribution in [2.75, 3.05) is 5.32 Å². The van der Waals surface area contributed by atoms with E-state index in [4.69, 9.17) is 16.1 Å². The number of aryl methyl sites for hydroxylation is 1. The highest BCUT2D eigenvalue weighted by Gasteiger charge is 2.07. The van der Waals surface area contributed by atoms with Gasteiger partial charge in [-0.2, -0.15) is 0 Å². The summed E-state index contributed by atoms with van der Waals surface area (Å²) in [4.78, 5) is 16.0. The van der Waals surface area contributed by atoms with Crippen LogP contribution in [0.5, 0.6) is 0 Å². The number of rotatable bonds is 6. The molecule has 0 fully saturated rings. The van der Waals surface area contributed by atoms with Gasteiger partial charge in [0.05, 0.1) is 0 Å². The average molecular weight is 342 g/mol. The Hall–Kier alpha value is -2.66. The van der Waals surface area contributed by atoms with Gasteiger partial charge in [0.25, 0.3) is 0 Å². The maximum Gasteiger partial charge on any atom is 0.224 e. The highest BCUT2D eigenvalue weighted by molar-refractivity contribution is 6.29. The van der Waals surface area contributed by atoms with Gasteiger partial charge in [-0.15, -0.1) is 0 Å². The Bertz CT molecular complexity index is 801. The first-order chi connectivity index (χ1) is 11.7. The number of carbonyl (C=O) groups excluding carboxylic acids is 1. The van der Waals surface area contributed by atoms with Crippen LogP contribution in [-0.4, -0.2) is 16.0 Å². The fraction of sp³-hybridized carbons (Fsp3) is 0.167. The lowest BCUT2D eigenvalue weighted by atomic mass is 10.1. The first-order valence-corrected chi connectivity index (χ1v) is 7.95. The number of benzene rings is 1. The van der Waals surface area contributed by atoms with Gasteiger partial charge >= 0.3 is 0 Å². The third-order valence-corrected chi connectivity index (χ3v) is 3.70. The van der Waals surface area contributed by atoms with Crippen molar-refractivity contribution in [3.8, 4) is 0 Å². The molecule has 6 heteroatoms. The lowest BCUT2D eigenvalue weighted by Crippen LogP contribution is -2.12. The normalized spacial score (nSPS) is 10.5. The molecule has 24 heavy (non-hydrogen) atoms. The molecule has 0 spiro atoms. The molecule has 2 aromatic heterocycles. The van der Waals surface area contributed by atoms with E-state index in [1.54, 1.807) is 18.5 Å². The molecule has 1 amide bonds. The van der Waals surface area contributed by atoms with Gasteiger partial charge < -0.3 is 9.84 Å². The summed E-state index contributed by atoms with van der Waals surface area (Å²) in [7, 11) is 0. The monoisotopic (exact) mass is 341 g/mol. The fourth-order valence-electron chi connectivity index (χ4n) is 2.31. The van der Waals surface area contributed by atoms with Crippen LogP contribution in [-0.2, 0) is 17.6 Å². The summed E-state index contributed by atoms with van der Waals surface area (Å²) in [5.41, 5.74) is 3.15. The van der Waals surface area contributed by atoms with Crippen LogP contribution < -0.4 is 5.32 Å². The van der Waals surface area contributed by atoms with E-state index in [1.165, 1.54) is 11.1 Å². The Morgan fingerprint density at radius 1 is 1.08 bits per heavy atom. The molecule has 0 aliphatic heterocycles. The zero-order chi connectivity index (χ0) is 16.8. The third-order valence-electron chi connectivity index (χ3n) is 3.52. The van der Waals surface area contributed by atoms with Gasteiger partial charge in [-0.05, 0) is 41.8 Å². The molecule has 122 valence electrons. The molecule has 5 nitrogen and oxygen atoms in total. The maximum absolute atomic E-state index is 12.0. The second-order valence-corrected chi connectivity index (χ2v) is 5.78. The molecular weight excluding hydrogens is 326 g/mol.